The van der Waals surface area contributed by atoms with Crippen LogP contribution in [0.3, 0.4) is 0 Å². The van der Waals surface area contributed by atoms with E-state index in [1.807, 2.05) is 30.1 Å². The lowest BCUT2D eigenvalue weighted by Gasteiger charge is -2.25. The Kier molecular flexibility index (Phi) is 4.20. The molecule has 2 heterocycles. The fourth-order valence-electron chi connectivity index (χ4n) is 2.80. The largest absolute Gasteiger partial charge is 0.381 e. The van der Waals surface area contributed by atoms with Crippen molar-refractivity contribution >= 4 is 16.9 Å². The minimum Gasteiger partial charge on any atom is -0.381 e. The first-order valence-electron chi connectivity index (χ1n) is 7.50. The smallest absolute Gasteiger partial charge is 0.253 e. The second-order valence-electron chi connectivity index (χ2n) is 5.71. The summed E-state index contributed by atoms with van der Waals surface area (Å²) in [6.45, 7) is 2.52. The molecule has 21 heavy (non-hydrogen) atoms. The van der Waals surface area contributed by atoms with Crippen LogP contribution in [0.5, 0.6) is 0 Å². The second kappa shape index (κ2) is 6.26. The van der Waals surface area contributed by atoms with Gasteiger partial charge in [0, 0.05) is 32.4 Å². The molecule has 1 aliphatic rings. The van der Waals surface area contributed by atoms with Crippen molar-refractivity contribution < 1.29 is 9.53 Å². The Balaban J connectivity index is 1.60. The third-order valence-corrected chi connectivity index (χ3v) is 4.23. The van der Waals surface area contributed by atoms with Crippen molar-refractivity contribution in [2.75, 3.05) is 26.8 Å². The maximum Gasteiger partial charge on any atom is 0.253 e. The van der Waals surface area contributed by atoms with Gasteiger partial charge in [-0.05, 0) is 43.4 Å². The maximum atomic E-state index is 12.4. The highest BCUT2D eigenvalue weighted by molar-refractivity contribution is 5.97. The average molecular weight is 287 g/mol. The number of benzene rings is 1. The topological polar surface area (TPSA) is 58.2 Å². The number of aromatic nitrogens is 2. The predicted octanol–water partition coefficient (Wildman–Crippen LogP) is 2.45. The number of hydrogen-bond acceptors (Lipinski definition) is 3. The summed E-state index contributed by atoms with van der Waals surface area (Å²) in [5, 5.41) is 0. The molecule has 1 aliphatic heterocycles. The van der Waals surface area contributed by atoms with E-state index in [1.165, 1.54) is 0 Å². The van der Waals surface area contributed by atoms with Crippen molar-refractivity contribution in [1.29, 1.82) is 0 Å². The first-order valence-corrected chi connectivity index (χ1v) is 7.50. The highest BCUT2D eigenvalue weighted by Gasteiger charge is 2.17. The summed E-state index contributed by atoms with van der Waals surface area (Å²) in [4.78, 5) is 21.5. The standard InChI is InChI=1S/C16H21N3O2/c1-19(7-4-12-5-8-21-9-6-12)16(20)13-2-3-14-15(10-13)18-11-17-14/h2-3,10-12H,4-9H2,1H3,(H,17,18). The zero-order valence-corrected chi connectivity index (χ0v) is 12.3. The number of fused-ring (bicyclic) bond motifs is 1. The van der Waals surface area contributed by atoms with Crippen LogP contribution in [0, 0.1) is 5.92 Å². The van der Waals surface area contributed by atoms with E-state index in [0.29, 0.717) is 11.5 Å². The molecule has 0 saturated carbocycles. The average Bonchev–Trinajstić information content (AvgIpc) is 3.00. The quantitative estimate of drug-likeness (QED) is 0.939. The van der Waals surface area contributed by atoms with Gasteiger partial charge in [-0.15, -0.1) is 0 Å². The van der Waals surface area contributed by atoms with Gasteiger partial charge < -0.3 is 14.6 Å². The fraction of sp³-hybridized carbons (Fsp3) is 0.500. The summed E-state index contributed by atoms with van der Waals surface area (Å²) in [5.41, 5.74) is 2.50. The van der Waals surface area contributed by atoms with Crippen LogP contribution in [0.25, 0.3) is 11.0 Å². The Morgan fingerprint density at radius 3 is 3.05 bits per heavy atom. The number of aromatic amines is 1. The highest BCUT2D eigenvalue weighted by atomic mass is 16.5. The Morgan fingerprint density at radius 2 is 2.24 bits per heavy atom. The number of H-pyrrole nitrogens is 1. The summed E-state index contributed by atoms with van der Waals surface area (Å²) in [7, 11) is 1.87. The lowest BCUT2D eigenvalue weighted by Crippen LogP contribution is -2.30. The van der Waals surface area contributed by atoms with Crippen LogP contribution in [0.2, 0.25) is 0 Å². The monoisotopic (exact) mass is 287 g/mol. The SMILES string of the molecule is CN(CCC1CCOCC1)C(=O)c1ccc2nc[nH]c2c1. The summed E-state index contributed by atoms with van der Waals surface area (Å²) in [6, 6.07) is 5.59. The summed E-state index contributed by atoms with van der Waals surface area (Å²) < 4.78 is 5.37. The zero-order valence-electron chi connectivity index (χ0n) is 12.3. The number of carbonyl (C=O) groups is 1. The molecule has 5 heteroatoms. The van der Waals surface area contributed by atoms with Crippen molar-refractivity contribution in [3.8, 4) is 0 Å². The number of ether oxygens (including phenoxy) is 1. The van der Waals surface area contributed by atoms with E-state index < -0.39 is 0 Å². The van der Waals surface area contributed by atoms with Crippen LogP contribution < -0.4 is 0 Å². The van der Waals surface area contributed by atoms with Crippen LogP contribution in [0.15, 0.2) is 24.5 Å². The molecule has 5 nitrogen and oxygen atoms in total. The normalized spacial score (nSPS) is 16.2. The van der Waals surface area contributed by atoms with E-state index in [0.717, 1.165) is 50.1 Å². The summed E-state index contributed by atoms with van der Waals surface area (Å²) >= 11 is 0. The van der Waals surface area contributed by atoms with Gasteiger partial charge in [-0.1, -0.05) is 0 Å². The van der Waals surface area contributed by atoms with Crippen molar-refractivity contribution in [3.05, 3.63) is 30.1 Å². The number of hydrogen-bond donors (Lipinski definition) is 1. The van der Waals surface area contributed by atoms with E-state index in [1.54, 1.807) is 6.33 Å². The first-order chi connectivity index (χ1) is 10.2. The van der Waals surface area contributed by atoms with Gasteiger partial charge in [-0.25, -0.2) is 4.98 Å². The van der Waals surface area contributed by atoms with Crippen LogP contribution in [-0.4, -0.2) is 47.6 Å². The Hall–Kier alpha value is -1.88. The van der Waals surface area contributed by atoms with Crippen molar-refractivity contribution in [1.82, 2.24) is 14.9 Å². The summed E-state index contributed by atoms with van der Waals surface area (Å²) in [6.07, 6.45) is 4.93. The Morgan fingerprint density at radius 1 is 1.43 bits per heavy atom. The number of nitrogens with one attached hydrogen (secondary N) is 1. The lowest BCUT2D eigenvalue weighted by atomic mass is 9.96. The van der Waals surface area contributed by atoms with E-state index >= 15 is 0 Å². The molecular formula is C16H21N3O2. The lowest BCUT2D eigenvalue weighted by molar-refractivity contribution is 0.0583. The van der Waals surface area contributed by atoms with Crippen molar-refractivity contribution in [2.24, 2.45) is 5.92 Å². The molecule has 0 atom stereocenters. The molecule has 1 saturated heterocycles. The van der Waals surface area contributed by atoms with Gasteiger partial charge in [-0.2, -0.15) is 0 Å². The minimum absolute atomic E-state index is 0.0681. The molecule has 2 aromatic rings. The van der Waals surface area contributed by atoms with Crippen molar-refractivity contribution in [2.45, 2.75) is 19.3 Å². The maximum absolute atomic E-state index is 12.4. The minimum atomic E-state index is 0.0681. The van der Waals surface area contributed by atoms with Crippen molar-refractivity contribution in [3.63, 3.8) is 0 Å². The van der Waals surface area contributed by atoms with Gasteiger partial charge in [0.1, 0.15) is 0 Å². The van der Waals surface area contributed by atoms with Gasteiger partial charge in [0.05, 0.1) is 17.4 Å². The molecule has 0 unspecified atom stereocenters. The number of nitrogens with zero attached hydrogens (tertiary/aromatic N) is 2. The highest BCUT2D eigenvalue weighted by Crippen LogP contribution is 2.19. The van der Waals surface area contributed by atoms with E-state index in [2.05, 4.69) is 9.97 Å². The fourth-order valence-corrected chi connectivity index (χ4v) is 2.80. The van der Waals surface area contributed by atoms with Gasteiger partial charge in [-0.3, -0.25) is 4.79 Å². The van der Waals surface area contributed by atoms with Gasteiger partial charge in [0.2, 0.25) is 0 Å². The van der Waals surface area contributed by atoms with E-state index in [9.17, 15) is 4.79 Å². The van der Waals surface area contributed by atoms with Crippen LogP contribution in [-0.2, 0) is 4.74 Å². The molecule has 3 rings (SSSR count). The van der Waals surface area contributed by atoms with Gasteiger partial charge in [0.15, 0.2) is 0 Å². The molecule has 112 valence electrons. The molecule has 1 amide bonds. The third kappa shape index (κ3) is 3.24. The number of imidazole rings is 1. The Bertz CT molecular complexity index is 617. The molecule has 1 aromatic carbocycles. The van der Waals surface area contributed by atoms with Gasteiger partial charge in [0.25, 0.3) is 5.91 Å². The molecule has 1 N–H and O–H groups in total. The van der Waals surface area contributed by atoms with E-state index in [-0.39, 0.29) is 5.91 Å². The number of rotatable bonds is 4. The number of carbonyl (C=O) groups excluding carboxylic acids is 1. The molecule has 0 spiro atoms. The van der Waals surface area contributed by atoms with E-state index in [4.69, 9.17) is 4.74 Å². The van der Waals surface area contributed by atoms with Crippen LogP contribution in [0.4, 0.5) is 0 Å². The molecule has 0 radical (unpaired) electrons. The molecule has 1 aromatic heterocycles. The molecule has 1 fully saturated rings. The summed E-state index contributed by atoms with van der Waals surface area (Å²) in [5.74, 6) is 0.752. The van der Waals surface area contributed by atoms with Crippen LogP contribution in [0.1, 0.15) is 29.6 Å². The Labute approximate surface area is 124 Å². The third-order valence-electron chi connectivity index (χ3n) is 4.23. The molecule has 0 aliphatic carbocycles. The zero-order chi connectivity index (χ0) is 14.7. The second-order valence-corrected chi connectivity index (χ2v) is 5.71. The van der Waals surface area contributed by atoms with Crippen LogP contribution >= 0.6 is 0 Å². The number of amides is 1. The predicted molar refractivity (Wildman–Crippen MR) is 81.2 cm³/mol. The molecular weight excluding hydrogens is 266 g/mol. The molecule has 0 bridgehead atoms. The van der Waals surface area contributed by atoms with Gasteiger partial charge >= 0.3 is 0 Å². The first kappa shape index (κ1) is 14.1.